The fraction of sp³-hybridized carbons (Fsp3) is 0.836. The number of carbonyl (C=O) groups is 1. The van der Waals surface area contributed by atoms with Gasteiger partial charge in [0.15, 0.2) is 0 Å². The molecule has 0 fully saturated rings. The maximum atomic E-state index is 12.5. The molecule has 0 saturated carbocycles. The van der Waals surface area contributed by atoms with Crippen molar-refractivity contribution in [2.45, 2.75) is 353 Å². The van der Waals surface area contributed by atoms with Crippen LogP contribution in [0.4, 0.5) is 0 Å². The molecule has 0 radical (unpaired) electrons. The number of aliphatic hydroxyl groups excluding tert-OH is 2. The van der Waals surface area contributed by atoms with E-state index in [0.717, 1.165) is 44.9 Å². The summed E-state index contributed by atoms with van der Waals surface area (Å²) in [6, 6.07) is -0.647. The summed E-state index contributed by atoms with van der Waals surface area (Å²) in [5.41, 5.74) is 0. The van der Waals surface area contributed by atoms with Crippen molar-refractivity contribution in [3.05, 3.63) is 60.8 Å². The van der Waals surface area contributed by atoms with Gasteiger partial charge in [-0.25, -0.2) is 0 Å². The quantitative estimate of drug-likeness (QED) is 0.0420. The number of hydrogen-bond acceptors (Lipinski definition) is 3. The van der Waals surface area contributed by atoms with Crippen molar-refractivity contribution < 1.29 is 15.0 Å². The minimum atomic E-state index is -0.872. The van der Waals surface area contributed by atoms with E-state index in [2.05, 4.69) is 67.8 Å². The Labute approximate surface area is 445 Å². The Kier molecular flexibility index (Phi) is 60.7. The van der Waals surface area contributed by atoms with Gasteiger partial charge in [-0.15, -0.1) is 0 Å². The molecule has 3 N–H and O–H groups in total. The van der Waals surface area contributed by atoms with Crippen LogP contribution in [0.5, 0.6) is 0 Å². The Morgan fingerprint density at radius 2 is 0.592 bits per heavy atom. The van der Waals surface area contributed by atoms with E-state index in [-0.39, 0.29) is 12.5 Å². The van der Waals surface area contributed by atoms with Gasteiger partial charge in [-0.3, -0.25) is 4.79 Å². The zero-order valence-corrected chi connectivity index (χ0v) is 48.0. The van der Waals surface area contributed by atoms with Crippen LogP contribution in [0.1, 0.15) is 341 Å². The molecule has 4 nitrogen and oxygen atoms in total. The first kappa shape index (κ1) is 69.1. The third-order valence-corrected chi connectivity index (χ3v) is 14.7. The maximum absolute atomic E-state index is 12.5. The molecular formula is C67H125NO3. The molecule has 0 aliphatic carbocycles. The molecule has 0 heterocycles. The lowest BCUT2D eigenvalue weighted by molar-refractivity contribution is -0.123. The summed E-state index contributed by atoms with van der Waals surface area (Å²) in [7, 11) is 0. The van der Waals surface area contributed by atoms with Crippen LogP contribution in [-0.4, -0.2) is 34.9 Å². The van der Waals surface area contributed by atoms with Crippen LogP contribution in [0.2, 0.25) is 0 Å². The average molecular weight is 993 g/mol. The van der Waals surface area contributed by atoms with Crippen LogP contribution in [-0.2, 0) is 4.79 Å². The first-order chi connectivity index (χ1) is 35.2. The summed E-state index contributed by atoms with van der Waals surface area (Å²) >= 11 is 0. The van der Waals surface area contributed by atoms with Crippen LogP contribution >= 0.6 is 0 Å². The zero-order chi connectivity index (χ0) is 51.3. The zero-order valence-electron chi connectivity index (χ0n) is 48.0. The van der Waals surface area contributed by atoms with Gasteiger partial charge in [0.25, 0.3) is 0 Å². The normalized spacial score (nSPS) is 13.1. The summed E-state index contributed by atoms with van der Waals surface area (Å²) in [6.45, 7) is 4.32. The fourth-order valence-corrected chi connectivity index (χ4v) is 9.83. The molecule has 2 unspecified atom stereocenters. The van der Waals surface area contributed by atoms with E-state index in [1.54, 1.807) is 6.08 Å². The van der Waals surface area contributed by atoms with Gasteiger partial charge in [-0.2, -0.15) is 0 Å². The Morgan fingerprint density at radius 1 is 0.338 bits per heavy atom. The predicted molar refractivity (Wildman–Crippen MR) is 318 cm³/mol. The third kappa shape index (κ3) is 58.8. The molecule has 0 rings (SSSR count). The lowest BCUT2D eigenvalue weighted by Gasteiger charge is -2.19. The highest BCUT2D eigenvalue weighted by atomic mass is 16.3. The molecule has 4 heteroatoms. The summed E-state index contributed by atoms with van der Waals surface area (Å²) in [4.78, 5) is 12.5. The Morgan fingerprint density at radius 3 is 0.901 bits per heavy atom. The lowest BCUT2D eigenvalue weighted by atomic mass is 10.0. The van der Waals surface area contributed by atoms with Crippen molar-refractivity contribution >= 4 is 5.91 Å². The minimum absolute atomic E-state index is 0.0729. The molecule has 416 valence electrons. The third-order valence-electron chi connectivity index (χ3n) is 14.7. The Balaban J connectivity index is 3.50. The number of allylic oxidation sites excluding steroid dienone is 9. The topological polar surface area (TPSA) is 69.6 Å². The van der Waals surface area contributed by atoms with Gasteiger partial charge in [0.05, 0.1) is 18.8 Å². The van der Waals surface area contributed by atoms with Crippen molar-refractivity contribution in [3.8, 4) is 0 Å². The summed E-state index contributed by atoms with van der Waals surface area (Å²) < 4.78 is 0. The predicted octanol–water partition coefficient (Wildman–Crippen LogP) is 21.5. The van der Waals surface area contributed by atoms with Gasteiger partial charge in [-0.05, 0) is 77.0 Å². The van der Waals surface area contributed by atoms with E-state index in [0.29, 0.717) is 6.42 Å². The van der Waals surface area contributed by atoms with Crippen LogP contribution < -0.4 is 5.32 Å². The second-order valence-electron chi connectivity index (χ2n) is 21.8. The van der Waals surface area contributed by atoms with Crippen molar-refractivity contribution in [2.24, 2.45) is 0 Å². The Bertz CT molecular complexity index is 1170. The van der Waals surface area contributed by atoms with E-state index in [9.17, 15) is 15.0 Å². The molecule has 0 spiro atoms. The number of unbranched alkanes of at least 4 members (excludes halogenated alkanes) is 44. The molecule has 0 saturated heterocycles. The summed E-state index contributed by atoms with van der Waals surface area (Å²) in [5.74, 6) is -0.0729. The first-order valence-electron chi connectivity index (χ1n) is 32.0. The number of carbonyl (C=O) groups excluding carboxylic acids is 1. The smallest absolute Gasteiger partial charge is 0.220 e. The summed E-state index contributed by atoms with van der Waals surface area (Å²) in [5, 5.41) is 23.2. The molecule has 0 aliphatic heterocycles. The van der Waals surface area contributed by atoms with Crippen molar-refractivity contribution in [3.63, 3.8) is 0 Å². The minimum Gasteiger partial charge on any atom is -0.394 e. The molecule has 0 bridgehead atoms. The molecular weight excluding hydrogens is 867 g/mol. The summed E-state index contributed by atoms with van der Waals surface area (Å²) in [6.07, 6.45) is 88.5. The van der Waals surface area contributed by atoms with Crippen molar-refractivity contribution in [1.82, 2.24) is 5.32 Å². The van der Waals surface area contributed by atoms with Gasteiger partial charge < -0.3 is 15.5 Å². The largest absolute Gasteiger partial charge is 0.394 e. The standard InChI is InChI=1S/C67H125NO3/c1-3-5-7-9-11-13-15-17-19-21-23-25-27-29-31-32-33-34-35-36-37-39-41-43-45-47-49-51-53-55-57-59-61-63-67(71)68-65(64-69)66(70)62-60-58-56-54-52-50-48-46-44-42-40-38-30-28-26-24-22-20-18-16-14-12-10-8-6-4-2/h15,17,21,23,44,46,52,54,60,62,65-66,69-70H,3-14,16,18-20,22,24-43,45,47-51,53,55-59,61,63-64H2,1-2H3,(H,68,71)/b17-15-,23-21-,46-44+,54-52+,62-60+. The number of hydrogen-bond donors (Lipinski definition) is 3. The highest BCUT2D eigenvalue weighted by Gasteiger charge is 2.18. The van der Waals surface area contributed by atoms with E-state index in [1.807, 2.05) is 6.08 Å². The van der Waals surface area contributed by atoms with Gasteiger partial charge >= 0.3 is 0 Å². The van der Waals surface area contributed by atoms with Crippen LogP contribution in [0, 0.1) is 0 Å². The van der Waals surface area contributed by atoms with Crippen molar-refractivity contribution in [1.29, 1.82) is 0 Å². The molecule has 71 heavy (non-hydrogen) atoms. The van der Waals surface area contributed by atoms with E-state index < -0.39 is 12.1 Å². The van der Waals surface area contributed by atoms with Crippen LogP contribution in [0.15, 0.2) is 60.8 Å². The average Bonchev–Trinajstić information content (AvgIpc) is 3.37. The molecule has 0 aromatic rings. The van der Waals surface area contributed by atoms with Gasteiger partial charge in [-0.1, -0.05) is 319 Å². The number of nitrogens with one attached hydrogen (secondary N) is 1. The van der Waals surface area contributed by atoms with Crippen molar-refractivity contribution in [2.75, 3.05) is 6.61 Å². The van der Waals surface area contributed by atoms with Gasteiger partial charge in [0.1, 0.15) is 0 Å². The monoisotopic (exact) mass is 992 g/mol. The lowest BCUT2D eigenvalue weighted by Crippen LogP contribution is -2.45. The molecule has 0 aliphatic rings. The van der Waals surface area contributed by atoms with Crippen LogP contribution in [0.25, 0.3) is 0 Å². The van der Waals surface area contributed by atoms with E-state index in [1.165, 1.54) is 276 Å². The second kappa shape index (κ2) is 62.4. The molecule has 1 amide bonds. The second-order valence-corrected chi connectivity index (χ2v) is 21.8. The number of rotatable bonds is 59. The highest BCUT2D eigenvalue weighted by Crippen LogP contribution is 2.18. The van der Waals surface area contributed by atoms with Gasteiger partial charge in [0.2, 0.25) is 5.91 Å². The fourth-order valence-electron chi connectivity index (χ4n) is 9.83. The Hall–Kier alpha value is -1.91. The highest BCUT2D eigenvalue weighted by molar-refractivity contribution is 5.76. The first-order valence-corrected chi connectivity index (χ1v) is 32.0. The molecule has 2 atom stereocenters. The van der Waals surface area contributed by atoms with E-state index >= 15 is 0 Å². The van der Waals surface area contributed by atoms with Gasteiger partial charge in [0, 0.05) is 6.42 Å². The van der Waals surface area contributed by atoms with E-state index in [4.69, 9.17) is 0 Å². The maximum Gasteiger partial charge on any atom is 0.220 e. The SMILES string of the molecule is CCCCCCC/C=C\C/C=C\CCCCCCCCCCCCCCCCCCCCCCCC(=O)NC(CO)C(O)/C=C/CC/C=C/CC/C=C/CCCCCCCCCCCCCCCCCC. The molecule has 0 aromatic carbocycles. The molecule has 0 aromatic heterocycles. The number of amides is 1. The van der Waals surface area contributed by atoms with Crippen LogP contribution in [0.3, 0.4) is 0 Å². The number of aliphatic hydroxyl groups is 2.